The van der Waals surface area contributed by atoms with Gasteiger partial charge in [-0.05, 0) is 17.5 Å². The Balaban J connectivity index is 2.04. The monoisotopic (exact) mass is 311 g/mol. The average Bonchev–Trinajstić information content (AvgIpc) is 2.51. The molecule has 0 radical (unpaired) electrons. The number of carbonyl (C=O) groups excluding carboxylic acids is 1. The number of hydrogen-bond donors (Lipinski definition) is 1. The molecule has 0 aliphatic heterocycles. The molecule has 1 atom stereocenters. The Hall–Kier alpha value is -1.87. The highest BCUT2D eigenvalue weighted by atomic mass is 28.3. The number of nitrogens with one attached hydrogen (secondary N) is 1. The van der Waals surface area contributed by atoms with Crippen LogP contribution < -0.4 is 5.32 Å². The summed E-state index contributed by atoms with van der Waals surface area (Å²) in [4.78, 5) is 12.7. The molecule has 116 valence electrons. The van der Waals surface area contributed by atoms with Crippen LogP contribution in [0.25, 0.3) is 0 Å². The molecule has 0 fully saturated rings. The van der Waals surface area contributed by atoms with Gasteiger partial charge in [0.2, 0.25) is 5.91 Å². The summed E-state index contributed by atoms with van der Waals surface area (Å²) in [6.45, 7) is 7.41. The van der Waals surface area contributed by atoms with Gasteiger partial charge in [0.1, 0.15) is 0 Å². The van der Waals surface area contributed by atoms with E-state index in [1.54, 1.807) is 0 Å². The maximum absolute atomic E-state index is 12.7. The summed E-state index contributed by atoms with van der Waals surface area (Å²) in [6, 6.07) is 20.4. The van der Waals surface area contributed by atoms with Crippen molar-refractivity contribution in [1.82, 2.24) is 5.32 Å². The number of amides is 1. The van der Waals surface area contributed by atoms with Crippen molar-refractivity contribution < 1.29 is 4.79 Å². The van der Waals surface area contributed by atoms with Gasteiger partial charge < -0.3 is 5.32 Å². The van der Waals surface area contributed by atoms with Crippen molar-refractivity contribution in [2.24, 2.45) is 0 Å². The molecule has 2 nitrogen and oxygen atoms in total. The van der Waals surface area contributed by atoms with Crippen molar-refractivity contribution in [1.29, 1.82) is 0 Å². The lowest BCUT2D eigenvalue weighted by Gasteiger charge is -2.28. The van der Waals surface area contributed by atoms with E-state index in [1.807, 2.05) is 48.5 Å². The molecule has 1 unspecified atom stereocenters. The first kappa shape index (κ1) is 16.5. The third kappa shape index (κ3) is 4.85. The summed E-state index contributed by atoms with van der Waals surface area (Å²) in [5.41, 5.74) is 2.48. The van der Waals surface area contributed by atoms with Crippen LogP contribution in [0.1, 0.15) is 11.1 Å². The molecule has 0 heterocycles. The second-order valence-corrected chi connectivity index (χ2v) is 12.2. The number of rotatable bonds is 6. The van der Waals surface area contributed by atoms with E-state index < -0.39 is 8.07 Å². The fraction of sp³-hybridized carbons (Fsp3) is 0.316. The molecule has 0 aliphatic rings. The van der Waals surface area contributed by atoms with Crippen LogP contribution in [0.3, 0.4) is 0 Å². The molecule has 0 spiro atoms. The van der Waals surface area contributed by atoms with Crippen LogP contribution in [0.2, 0.25) is 25.2 Å². The molecular weight excluding hydrogens is 286 g/mol. The lowest BCUT2D eigenvalue weighted by Crippen LogP contribution is -2.41. The zero-order valence-electron chi connectivity index (χ0n) is 13.7. The van der Waals surface area contributed by atoms with Gasteiger partial charge in [0.25, 0.3) is 0 Å². The zero-order valence-corrected chi connectivity index (χ0v) is 14.7. The lowest BCUT2D eigenvalue weighted by molar-refractivity contribution is -0.121. The molecule has 22 heavy (non-hydrogen) atoms. The largest absolute Gasteiger partial charge is 0.352 e. The van der Waals surface area contributed by atoms with Crippen molar-refractivity contribution in [3.05, 3.63) is 71.8 Å². The Morgan fingerprint density at radius 2 is 1.41 bits per heavy atom. The summed E-state index contributed by atoms with van der Waals surface area (Å²) in [5, 5.41) is 3.12. The smallest absolute Gasteiger partial charge is 0.220 e. The zero-order chi connectivity index (χ0) is 16.0. The summed E-state index contributed by atoms with van der Waals surface area (Å²) in [6.07, 6.45) is 0.831. The third-order valence-electron chi connectivity index (χ3n) is 3.95. The summed E-state index contributed by atoms with van der Waals surface area (Å²) in [5.74, 6) is 0.187. The molecule has 0 saturated carbocycles. The molecule has 1 N–H and O–H groups in total. The van der Waals surface area contributed by atoms with Crippen LogP contribution in [0.5, 0.6) is 0 Å². The molecule has 3 heteroatoms. The fourth-order valence-electron chi connectivity index (χ4n) is 2.55. The fourth-order valence-corrected chi connectivity index (χ4v) is 4.29. The molecular formula is C19H25NOSi. The van der Waals surface area contributed by atoms with E-state index >= 15 is 0 Å². The molecule has 2 aromatic rings. The van der Waals surface area contributed by atoms with Crippen molar-refractivity contribution in [2.45, 2.75) is 38.1 Å². The van der Waals surface area contributed by atoms with Gasteiger partial charge in [-0.15, -0.1) is 0 Å². The summed E-state index contributed by atoms with van der Waals surface area (Å²) >= 11 is 0. The maximum atomic E-state index is 12.7. The van der Waals surface area contributed by atoms with Crippen LogP contribution in [0.4, 0.5) is 0 Å². The van der Waals surface area contributed by atoms with Crippen LogP contribution in [-0.2, 0) is 17.8 Å². The van der Waals surface area contributed by atoms with E-state index in [4.69, 9.17) is 0 Å². The van der Waals surface area contributed by atoms with Gasteiger partial charge in [0.15, 0.2) is 0 Å². The Labute approximate surface area is 134 Å². The van der Waals surface area contributed by atoms with Gasteiger partial charge in [0.05, 0.1) is 8.07 Å². The van der Waals surface area contributed by atoms with Gasteiger partial charge >= 0.3 is 0 Å². The van der Waals surface area contributed by atoms with Crippen molar-refractivity contribution >= 4 is 14.0 Å². The first-order valence-electron chi connectivity index (χ1n) is 7.82. The second-order valence-electron chi connectivity index (χ2n) is 6.81. The van der Waals surface area contributed by atoms with E-state index in [0.29, 0.717) is 6.54 Å². The second kappa shape index (κ2) is 7.41. The summed E-state index contributed by atoms with van der Waals surface area (Å²) in [7, 11) is -1.58. The van der Waals surface area contributed by atoms with E-state index in [-0.39, 0.29) is 11.4 Å². The number of hydrogen-bond acceptors (Lipinski definition) is 1. The highest BCUT2D eigenvalue weighted by Gasteiger charge is 2.32. The minimum absolute atomic E-state index is 0.0959. The molecule has 0 aliphatic carbocycles. The van der Waals surface area contributed by atoms with Crippen LogP contribution in [0.15, 0.2) is 60.7 Å². The van der Waals surface area contributed by atoms with Gasteiger partial charge in [-0.2, -0.15) is 0 Å². The highest BCUT2D eigenvalue weighted by Crippen LogP contribution is 2.26. The third-order valence-corrected chi connectivity index (χ3v) is 6.51. The molecule has 0 bridgehead atoms. The minimum atomic E-state index is -1.58. The quantitative estimate of drug-likeness (QED) is 0.794. The van der Waals surface area contributed by atoms with Gasteiger partial charge in [0, 0.05) is 12.1 Å². The standard InChI is InChI=1S/C19H25NOSi/c1-22(2,3)18(14-16-10-6-4-7-11-16)19(21)20-15-17-12-8-5-9-13-17/h4-13,18H,14-15H2,1-3H3,(H,20,21). The molecule has 0 saturated heterocycles. The SMILES string of the molecule is C[Si](C)(C)C(Cc1ccccc1)C(=O)NCc1ccccc1. The topological polar surface area (TPSA) is 29.1 Å². The highest BCUT2D eigenvalue weighted by molar-refractivity contribution is 6.80. The van der Waals surface area contributed by atoms with Gasteiger partial charge in [-0.3, -0.25) is 4.79 Å². The molecule has 0 aromatic heterocycles. The minimum Gasteiger partial charge on any atom is -0.352 e. The first-order chi connectivity index (χ1) is 10.5. The Morgan fingerprint density at radius 3 is 1.91 bits per heavy atom. The van der Waals surface area contributed by atoms with E-state index in [2.05, 4.69) is 37.1 Å². The van der Waals surface area contributed by atoms with Gasteiger partial charge in [-0.1, -0.05) is 80.3 Å². The van der Waals surface area contributed by atoms with E-state index in [0.717, 1.165) is 12.0 Å². The number of benzene rings is 2. The van der Waals surface area contributed by atoms with E-state index in [1.165, 1.54) is 5.56 Å². The summed E-state index contributed by atoms with van der Waals surface area (Å²) < 4.78 is 0. The molecule has 2 rings (SSSR count). The Morgan fingerprint density at radius 1 is 0.909 bits per heavy atom. The Kier molecular flexibility index (Phi) is 5.55. The van der Waals surface area contributed by atoms with Crippen molar-refractivity contribution in [2.75, 3.05) is 0 Å². The van der Waals surface area contributed by atoms with Crippen LogP contribution >= 0.6 is 0 Å². The van der Waals surface area contributed by atoms with Gasteiger partial charge in [-0.25, -0.2) is 0 Å². The molecule has 2 aromatic carbocycles. The first-order valence-corrected chi connectivity index (χ1v) is 11.4. The maximum Gasteiger partial charge on any atom is 0.220 e. The normalized spacial score (nSPS) is 12.7. The number of carbonyl (C=O) groups is 1. The van der Waals surface area contributed by atoms with Crippen LogP contribution in [-0.4, -0.2) is 14.0 Å². The predicted octanol–water partition coefficient (Wildman–Crippen LogP) is 4.25. The van der Waals surface area contributed by atoms with Crippen molar-refractivity contribution in [3.63, 3.8) is 0 Å². The predicted molar refractivity (Wildman–Crippen MR) is 95.5 cm³/mol. The lowest BCUT2D eigenvalue weighted by atomic mass is 10.1. The van der Waals surface area contributed by atoms with E-state index in [9.17, 15) is 4.79 Å². The molecule has 1 amide bonds. The Bertz CT molecular complexity index is 590. The average molecular weight is 312 g/mol. The van der Waals surface area contributed by atoms with Crippen LogP contribution in [0, 0.1) is 0 Å². The van der Waals surface area contributed by atoms with Crippen molar-refractivity contribution in [3.8, 4) is 0 Å².